The summed E-state index contributed by atoms with van der Waals surface area (Å²) in [5.41, 5.74) is 1.85. The van der Waals surface area contributed by atoms with E-state index >= 15 is 0 Å². The molecule has 0 aliphatic carbocycles. The van der Waals surface area contributed by atoms with Gasteiger partial charge in [0.05, 0.1) is 30.4 Å². The largest absolute Gasteiger partial charge is 0.494 e. The van der Waals surface area contributed by atoms with E-state index in [1.165, 1.54) is 25.5 Å². The number of hydrogen-bond acceptors (Lipinski definition) is 7. The molecule has 33 heavy (non-hydrogen) atoms. The molecule has 8 nitrogen and oxygen atoms in total. The van der Waals surface area contributed by atoms with Gasteiger partial charge in [-0.2, -0.15) is 13.5 Å². The van der Waals surface area contributed by atoms with Gasteiger partial charge in [0, 0.05) is 0 Å². The van der Waals surface area contributed by atoms with Gasteiger partial charge < -0.3 is 14.2 Å². The van der Waals surface area contributed by atoms with Gasteiger partial charge in [0.2, 0.25) is 0 Å². The maximum Gasteiger partial charge on any atom is 0.343 e. The molecule has 0 saturated carbocycles. The SMILES string of the molecule is CCOc1ccc(C(=O)Oc2ccc(/C=N\NS(=O)(=O)c3ccc(C)cc3)cc2OC)cc1. The number of aryl methyl sites for hydroxylation is 1. The lowest BCUT2D eigenvalue weighted by molar-refractivity contribution is 0.0729. The highest BCUT2D eigenvalue weighted by Crippen LogP contribution is 2.28. The Labute approximate surface area is 192 Å². The first kappa shape index (κ1) is 23.8. The fourth-order valence-electron chi connectivity index (χ4n) is 2.80. The highest BCUT2D eigenvalue weighted by molar-refractivity contribution is 7.89. The van der Waals surface area contributed by atoms with Crippen molar-refractivity contribution in [1.29, 1.82) is 0 Å². The third kappa shape index (κ3) is 6.33. The maximum atomic E-state index is 12.5. The Balaban J connectivity index is 1.68. The maximum absolute atomic E-state index is 12.5. The van der Waals surface area contributed by atoms with Crippen molar-refractivity contribution in [3.63, 3.8) is 0 Å². The standard InChI is InChI=1S/C24H24N2O6S/c1-4-31-20-10-8-19(9-11-20)24(27)32-22-14-7-18(15-23(22)30-3)16-25-26-33(28,29)21-12-5-17(2)6-13-21/h5-16,26H,4H2,1-3H3/b25-16-. The van der Waals surface area contributed by atoms with Crippen molar-refractivity contribution < 1.29 is 27.4 Å². The molecule has 0 fully saturated rings. The molecular weight excluding hydrogens is 444 g/mol. The van der Waals surface area contributed by atoms with Crippen LogP contribution in [0.1, 0.15) is 28.4 Å². The first-order chi connectivity index (χ1) is 15.8. The van der Waals surface area contributed by atoms with E-state index in [1.54, 1.807) is 54.6 Å². The van der Waals surface area contributed by atoms with E-state index in [9.17, 15) is 13.2 Å². The summed E-state index contributed by atoms with van der Waals surface area (Å²) in [4.78, 5) is 14.7. The Bertz CT molecular complexity index is 1240. The lowest BCUT2D eigenvalue weighted by Crippen LogP contribution is -2.18. The van der Waals surface area contributed by atoms with Crippen molar-refractivity contribution in [2.24, 2.45) is 5.10 Å². The molecule has 0 radical (unpaired) electrons. The van der Waals surface area contributed by atoms with E-state index in [4.69, 9.17) is 14.2 Å². The van der Waals surface area contributed by atoms with E-state index in [0.717, 1.165) is 5.56 Å². The lowest BCUT2D eigenvalue weighted by atomic mass is 10.2. The van der Waals surface area contributed by atoms with Gasteiger partial charge in [0.1, 0.15) is 5.75 Å². The number of hydrogen-bond donors (Lipinski definition) is 1. The Kier molecular flexibility index (Phi) is 7.68. The summed E-state index contributed by atoms with van der Waals surface area (Å²) in [6.45, 7) is 4.28. The molecule has 0 aliphatic heterocycles. The monoisotopic (exact) mass is 468 g/mol. The third-order valence-electron chi connectivity index (χ3n) is 4.51. The molecule has 3 aromatic rings. The first-order valence-corrected chi connectivity index (χ1v) is 11.6. The summed E-state index contributed by atoms with van der Waals surface area (Å²) in [6.07, 6.45) is 1.33. The van der Waals surface area contributed by atoms with Crippen LogP contribution in [0.25, 0.3) is 0 Å². The number of benzene rings is 3. The number of nitrogens with one attached hydrogen (secondary N) is 1. The molecule has 1 N–H and O–H groups in total. The van der Waals surface area contributed by atoms with Gasteiger partial charge in [-0.25, -0.2) is 9.63 Å². The Morgan fingerprint density at radius 1 is 1.00 bits per heavy atom. The molecule has 0 amide bonds. The van der Waals surface area contributed by atoms with Gasteiger partial charge in [0.25, 0.3) is 10.0 Å². The van der Waals surface area contributed by atoms with Crippen molar-refractivity contribution in [2.75, 3.05) is 13.7 Å². The summed E-state index contributed by atoms with van der Waals surface area (Å²) in [6, 6.07) is 17.8. The molecule has 3 aromatic carbocycles. The third-order valence-corrected chi connectivity index (χ3v) is 5.75. The number of carbonyl (C=O) groups excluding carboxylic acids is 1. The van der Waals surface area contributed by atoms with Gasteiger partial charge in [-0.05, 0) is 74.0 Å². The van der Waals surface area contributed by atoms with Crippen molar-refractivity contribution in [1.82, 2.24) is 4.83 Å². The molecule has 9 heteroatoms. The van der Waals surface area contributed by atoms with Crippen LogP contribution in [-0.4, -0.2) is 34.3 Å². The van der Waals surface area contributed by atoms with Gasteiger partial charge in [-0.3, -0.25) is 0 Å². The molecule has 0 aliphatic rings. The summed E-state index contributed by atoms with van der Waals surface area (Å²) in [5.74, 6) is 0.616. The van der Waals surface area contributed by atoms with Crippen molar-refractivity contribution in [2.45, 2.75) is 18.7 Å². The van der Waals surface area contributed by atoms with Crippen LogP contribution < -0.4 is 19.0 Å². The fraction of sp³-hybridized carbons (Fsp3) is 0.167. The van der Waals surface area contributed by atoms with Crippen LogP contribution in [0.4, 0.5) is 0 Å². The van der Waals surface area contributed by atoms with Crippen LogP contribution >= 0.6 is 0 Å². The van der Waals surface area contributed by atoms with Crippen LogP contribution in [0, 0.1) is 6.92 Å². The highest BCUT2D eigenvalue weighted by Gasteiger charge is 2.14. The van der Waals surface area contributed by atoms with Crippen molar-refractivity contribution in [3.8, 4) is 17.2 Å². The van der Waals surface area contributed by atoms with Crippen LogP contribution in [0.2, 0.25) is 0 Å². The molecule has 0 atom stereocenters. The zero-order chi connectivity index (χ0) is 23.8. The molecule has 0 spiro atoms. The Morgan fingerprint density at radius 2 is 1.70 bits per heavy atom. The minimum atomic E-state index is -3.78. The predicted molar refractivity (Wildman–Crippen MR) is 125 cm³/mol. The van der Waals surface area contributed by atoms with Crippen LogP contribution in [0.15, 0.2) is 76.7 Å². The second-order valence-corrected chi connectivity index (χ2v) is 8.58. The first-order valence-electron chi connectivity index (χ1n) is 10.1. The van der Waals surface area contributed by atoms with E-state index in [-0.39, 0.29) is 10.6 Å². The molecule has 0 aromatic heterocycles. The van der Waals surface area contributed by atoms with Gasteiger partial charge in [0.15, 0.2) is 11.5 Å². The number of carbonyl (C=O) groups is 1. The van der Waals surface area contributed by atoms with Gasteiger partial charge >= 0.3 is 5.97 Å². The summed E-state index contributed by atoms with van der Waals surface area (Å²) in [7, 11) is -2.35. The number of methoxy groups -OCH3 is 1. The summed E-state index contributed by atoms with van der Waals surface area (Å²) < 4.78 is 40.7. The summed E-state index contributed by atoms with van der Waals surface area (Å²) in [5, 5.41) is 3.81. The minimum Gasteiger partial charge on any atom is -0.494 e. The molecule has 0 unspecified atom stereocenters. The van der Waals surface area contributed by atoms with Crippen LogP contribution in [0.3, 0.4) is 0 Å². The number of sulfonamides is 1. The van der Waals surface area contributed by atoms with Crippen molar-refractivity contribution >= 4 is 22.2 Å². The van der Waals surface area contributed by atoms with E-state index < -0.39 is 16.0 Å². The lowest BCUT2D eigenvalue weighted by Gasteiger charge is -2.10. The van der Waals surface area contributed by atoms with Crippen LogP contribution in [0.5, 0.6) is 17.2 Å². The van der Waals surface area contributed by atoms with Gasteiger partial charge in [-0.15, -0.1) is 0 Å². The number of ether oxygens (including phenoxy) is 3. The predicted octanol–water partition coefficient (Wildman–Crippen LogP) is 3.93. The quantitative estimate of drug-likeness (QED) is 0.221. The molecule has 0 saturated heterocycles. The van der Waals surface area contributed by atoms with E-state index in [1.807, 2.05) is 13.8 Å². The average Bonchev–Trinajstić information content (AvgIpc) is 2.80. The summed E-state index contributed by atoms with van der Waals surface area (Å²) >= 11 is 0. The molecule has 0 bridgehead atoms. The topological polar surface area (TPSA) is 103 Å². The zero-order valence-electron chi connectivity index (χ0n) is 18.4. The van der Waals surface area contributed by atoms with E-state index in [0.29, 0.717) is 29.2 Å². The normalized spacial score (nSPS) is 11.2. The molecule has 0 heterocycles. The second kappa shape index (κ2) is 10.6. The number of rotatable bonds is 9. The molecule has 172 valence electrons. The van der Waals surface area contributed by atoms with E-state index in [2.05, 4.69) is 9.93 Å². The zero-order valence-corrected chi connectivity index (χ0v) is 19.3. The number of hydrazone groups is 1. The smallest absolute Gasteiger partial charge is 0.343 e. The Hall–Kier alpha value is -3.85. The minimum absolute atomic E-state index is 0.111. The number of esters is 1. The highest BCUT2D eigenvalue weighted by atomic mass is 32.2. The Morgan fingerprint density at radius 3 is 2.33 bits per heavy atom. The average molecular weight is 469 g/mol. The number of nitrogens with zero attached hydrogens (tertiary/aromatic N) is 1. The molecular formula is C24H24N2O6S. The van der Waals surface area contributed by atoms with Gasteiger partial charge in [-0.1, -0.05) is 17.7 Å². The molecule has 3 rings (SSSR count). The second-order valence-electron chi connectivity index (χ2n) is 6.92. The fourth-order valence-corrected chi connectivity index (χ4v) is 3.59. The van der Waals surface area contributed by atoms with Crippen LogP contribution in [-0.2, 0) is 10.0 Å². The van der Waals surface area contributed by atoms with Crippen molar-refractivity contribution in [3.05, 3.63) is 83.4 Å².